The summed E-state index contributed by atoms with van der Waals surface area (Å²) in [4.78, 5) is 13.7. The van der Waals surface area contributed by atoms with E-state index < -0.39 is 0 Å². The van der Waals surface area contributed by atoms with Crippen molar-refractivity contribution in [3.63, 3.8) is 0 Å². The fourth-order valence-electron chi connectivity index (χ4n) is 2.73. The maximum absolute atomic E-state index is 12.0. The Bertz CT molecular complexity index is 476. The first kappa shape index (κ1) is 15.8. The van der Waals surface area contributed by atoms with E-state index in [1.807, 2.05) is 23.0 Å². The van der Waals surface area contributed by atoms with E-state index in [0.29, 0.717) is 12.5 Å². The lowest BCUT2D eigenvalue weighted by molar-refractivity contribution is -0.727. The smallest absolute Gasteiger partial charge is 0.394 e. The molecule has 1 saturated heterocycles. The van der Waals surface area contributed by atoms with Gasteiger partial charge in [-0.15, -0.1) is 0 Å². The number of aliphatic hydroxyl groups is 1. The molecule has 1 fully saturated rings. The Hall–Kier alpha value is -1.62. The van der Waals surface area contributed by atoms with Crippen LogP contribution < -0.4 is 4.57 Å². The van der Waals surface area contributed by atoms with Gasteiger partial charge >= 0.3 is 6.09 Å². The molecule has 21 heavy (non-hydrogen) atoms. The molecule has 0 saturated carbocycles. The summed E-state index contributed by atoms with van der Waals surface area (Å²) in [5.74, 6) is 0.596. The summed E-state index contributed by atoms with van der Waals surface area (Å²) in [7, 11) is 0. The zero-order valence-corrected chi connectivity index (χ0v) is 12.9. The highest BCUT2D eigenvalue weighted by atomic mass is 16.6. The average molecular weight is 293 g/mol. The lowest BCUT2D eigenvalue weighted by Gasteiger charge is -2.21. The molecule has 0 aliphatic carbocycles. The van der Waals surface area contributed by atoms with Crippen LogP contribution in [-0.4, -0.2) is 35.3 Å². The first-order valence-electron chi connectivity index (χ1n) is 7.62. The topological polar surface area (TPSA) is 53.7 Å². The Labute approximate surface area is 126 Å². The van der Waals surface area contributed by atoms with E-state index >= 15 is 0 Å². The SMILES string of the molecule is CC(C)Cc1ccc[n+](COC(=O)N2CCCC2CO)c1. The van der Waals surface area contributed by atoms with Crippen LogP contribution in [0.25, 0.3) is 0 Å². The number of hydrogen-bond donors (Lipinski definition) is 1. The predicted octanol–water partition coefficient (Wildman–Crippen LogP) is 1.72. The molecule has 0 spiro atoms. The quantitative estimate of drug-likeness (QED) is 0.841. The van der Waals surface area contributed by atoms with Crippen LogP contribution in [0, 0.1) is 5.92 Å². The average Bonchev–Trinajstić information content (AvgIpc) is 2.93. The second kappa shape index (κ2) is 7.41. The maximum Gasteiger partial charge on any atom is 0.414 e. The van der Waals surface area contributed by atoms with Gasteiger partial charge in [-0.3, -0.25) is 0 Å². The van der Waals surface area contributed by atoms with Crippen LogP contribution in [0.4, 0.5) is 4.79 Å². The third kappa shape index (κ3) is 4.43. The minimum Gasteiger partial charge on any atom is -0.394 e. The first-order valence-corrected chi connectivity index (χ1v) is 7.62. The van der Waals surface area contributed by atoms with E-state index in [2.05, 4.69) is 19.9 Å². The van der Waals surface area contributed by atoms with Crippen LogP contribution in [0.2, 0.25) is 0 Å². The van der Waals surface area contributed by atoms with E-state index in [0.717, 1.165) is 19.3 Å². The van der Waals surface area contributed by atoms with Crippen LogP contribution in [0.1, 0.15) is 32.3 Å². The highest BCUT2D eigenvalue weighted by Crippen LogP contribution is 2.17. The van der Waals surface area contributed by atoms with Crippen molar-refractivity contribution in [2.24, 2.45) is 5.92 Å². The van der Waals surface area contributed by atoms with Crippen molar-refractivity contribution in [3.05, 3.63) is 30.1 Å². The molecule has 1 unspecified atom stereocenters. The number of ether oxygens (including phenoxy) is 1. The van der Waals surface area contributed by atoms with Crippen LogP contribution >= 0.6 is 0 Å². The van der Waals surface area contributed by atoms with Crippen molar-refractivity contribution in [2.45, 2.75) is 45.9 Å². The van der Waals surface area contributed by atoms with Gasteiger partial charge in [0.2, 0.25) is 0 Å². The van der Waals surface area contributed by atoms with Crippen LogP contribution in [0.3, 0.4) is 0 Å². The summed E-state index contributed by atoms with van der Waals surface area (Å²) in [6.07, 6.45) is 6.35. The molecule has 1 aliphatic heterocycles. The molecule has 2 rings (SSSR count). The minimum atomic E-state index is -0.340. The number of carbonyl (C=O) groups excluding carboxylic acids is 1. The Kier molecular flexibility index (Phi) is 5.56. The van der Waals surface area contributed by atoms with Gasteiger partial charge in [0.25, 0.3) is 6.73 Å². The number of rotatable bonds is 5. The molecule has 1 atom stereocenters. The third-order valence-corrected chi connectivity index (χ3v) is 3.72. The van der Waals surface area contributed by atoms with Gasteiger partial charge in [-0.25, -0.2) is 4.79 Å². The Morgan fingerprint density at radius 1 is 1.57 bits per heavy atom. The molecule has 1 aromatic heterocycles. The molecule has 116 valence electrons. The Morgan fingerprint density at radius 2 is 2.38 bits per heavy atom. The largest absolute Gasteiger partial charge is 0.414 e. The molecule has 1 aromatic rings. The summed E-state index contributed by atoms with van der Waals surface area (Å²) in [6, 6.07) is 3.97. The van der Waals surface area contributed by atoms with Gasteiger partial charge in [0.05, 0.1) is 12.6 Å². The van der Waals surface area contributed by atoms with Gasteiger partial charge in [0.15, 0.2) is 12.4 Å². The second-order valence-corrected chi connectivity index (χ2v) is 6.04. The molecule has 0 bridgehead atoms. The van der Waals surface area contributed by atoms with Crippen molar-refractivity contribution in [1.82, 2.24) is 4.90 Å². The molecule has 0 aromatic carbocycles. The molecular weight excluding hydrogens is 268 g/mol. The highest BCUT2D eigenvalue weighted by molar-refractivity contribution is 5.68. The zero-order valence-electron chi connectivity index (χ0n) is 12.9. The molecule has 0 radical (unpaired) electrons. The lowest BCUT2D eigenvalue weighted by Crippen LogP contribution is -2.42. The molecule has 5 heteroatoms. The van der Waals surface area contributed by atoms with E-state index in [1.54, 1.807) is 4.90 Å². The van der Waals surface area contributed by atoms with Crippen molar-refractivity contribution in [3.8, 4) is 0 Å². The number of likely N-dealkylation sites (tertiary alicyclic amines) is 1. The molecule has 1 N–H and O–H groups in total. The van der Waals surface area contributed by atoms with Crippen molar-refractivity contribution in [1.29, 1.82) is 0 Å². The second-order valence-electron chi connectivity index (χ2n) is 6.04. The highest BCUT2D eigenvalue weighted by Gasteiger charge is 2.29. The monoisotopic (exact) mass is 293 g/mol. The fraction of sp³-hybridized carbons (Fsp3) is 0.625. The van der Waals surface area contributed by atoms with Crippen LogP contribution in [0.15, 0.2) is 24.5 Å². The number of aliphatic hydroxyl groups excluding tert-OH is 1. The number of aromatic nitrogens is 1. The normalized spacial score (nSPS) is 18.3. The molecule has 5 nitrogen and oxygen atoms in total. The van der Waals surface area contributed by atoms with Crippen molar-refractivity contribution < 1.29 is 19.2 Å². The van der Waals surface area contributed by atoms with Gasteiger partial charge in [-0.1, -0.05) is 13.8 Å². The molecular formula is C16H25N2O3+. The van der Waals surface area contributed by atoms with Gasteiger partial charge in [0.1, 0.15) is 0 Å². The van der Waals surface area contributed by atoms with Crippen LogP contribution in [0.5, 0.6) is 0 Å². The lowest BCUT2D eigenvalue weighted by atomic mass is 10.1. The summed E-state index contributed by atoms with van der Waals surface area (Å²) in [5, 5.41) is 9.24. The Morgan fingerprint density at radius 3 is 3.10 bits per heavy atom. The standard InChI is InChI=1S/C16H25N2O3/c1-13(2)9-14-5-3-7-17(10-14)12-21-16(20)18-8-4-6-15(18)11-19/h3,5,7,10,13,15,19H,4,6,8-9,11-12H2,1-2H3/q+1. The van der Waals surface area contributed by atoms with Crippen LogP contribution in [-0.2, 0) is 17.9 Å². The van der Waals surface area contributed by atoms with E-state index in [-0.39, 0.29) is 25.5 Å². The van der Waals surface area contributed by atoms with E-state index in [9.17, 15) is 9.90 Å². The summed E-state index contributed by atoms with van der Waals surface area (Å²) < 4.78 is 7.22. The molecule has 1 amide bonds. The minimum absolute atomic E-state index is 0.00607. The van der Waals surface area contributed by atoms with E-state index in [1.165, 1.54) is 5.56 Å². The molecule has 2 heterocycles. The maximum atomic E-state index is 12.0. The number of carbonyl (C=O) groups is 1. The Balaban J connectivity index is 1.89. The summed E-state index contributed by atoms with van der Waals surface area (Å²) in [5.41, 5.74) is 1.23. The van der Waals surface area contributed by atoms with Gasteiger partial charge in [0, 0.05) is 18.2 Å². The predicted molar refractivity (Wildman–Crippen MR) is 78.5 cm³/mol. The fourth-order valence-corrected chi connectivity index (χ4v) is 2.73. The third-order valence-electron chi connectivity index (χ3n) is 3.72. The number of nitrogens with zero attached hydrogens (tertiary/aromatic N) is 2. The first-order chi connectivity index (χ1) is 10.1. The summed E-state index contributed by atoms with van der Waals surface area (Å²) in [6.45, 7) is 5.24. The van der Waals surface area contributed by atoms with Crippen molar-refractivity contribution in [2.75, 3.05) is 13.2 Å². The van der Waals surface area contributed by atoms with Gasteiger partial charge < -0.3 is 14.7 Å². The number of amides is 1. The number of pyridine rings is 1. The number of hydrogen-bond acceptors (Lipinski definition) is 3. The zero-order chi connectivity index (χ0) is 15.2. The van der Waals surface area contributed by atoms with Crippen molar-refractivity contribution >= 4 is 6.09 Å². The van der Waals surface area contributed by atoms with Gasteiger partial charge in [-0.2, -0.15) is 4.57 Å². The molecule has 1 aliphatic rings. The van der Waals surface area contributed by atoms with Gasteiger partial charge in [-0.05, 0) is 31.2 Å². The summed E-state index contributed by atoms with van der Waals surface area (Å²) >= 11 is 0. The van der Waals surface area contributed by atoms with E-state index in [4.69, 9.17) is 4.74 Å².